The molecule has 4 nitrogen and oxygen atoms in total. The summed E-state index contributed by atoms with van der Waals surface area (Å²) in [4.78, 5) is 3.98. The monoisotopic (exact) mass is 300 g/mol. The Morgan fingerprint density at radius 2 is 2.20 bits per heavy atom. The number of nitrogens with zero attached hydrogens (tertiary/aromatic N) is 1. The van der Waals surface area contributed by atoms with E-state index in [0.29, 0.717) is 18.2 Å². The van der Waals surface area contributed by atoms with Gasteiger partial charge in [-0.15, -0.1) is 11.6 Å². The van der Waals surface area contributed by atoms with Crippen molar-refractivity contribution in [2.45, 2.75) is 12.8 Å². The normalized spacial score (nSPS) is 17.2. The van der Waals surface area contributed by atoms with Crippen molar-refractivity contribution in [3.63, 3.8) is 0 Å². The number of halogens is 2. The van der Waals surface area contributed by atoms with E-state index in [1.54, 1.807) is 12.1 Å². The number of benzene rings is 1. The Balaban J connectivity index is 1.95. The van der Waals surface area contributed by atoms with Crippen LogP contribution in [0, 0.1) is 11.7 Å². The summed E-state index contributed by atoms with van der Waals surface area (Å²) >= 11 is 5.52. The molecule has 0 unspecified atom stereocenters. The summed E-state index contributed by atoms with van der Waals surface area (Å²) in [6, 6.07) is 4.51. The molecule has 0 bridgehead atoms. The molecule has 20 heavy (non-hydrogen) atoms. The fraction of sp³-hybridized carbons (Fsp3) is 0.500. The van der Waals surface area contributed by atoms with Gasteiger partial charge < -0.3 is 15.2 Å². The number of rotatable bonds is 5. The maximum absolute atomic E-state index is 13.9. The van der Waals surface area contributed by atoms with Gasteiger partial charge in [-0.3, -0.25) is 0 Å². The molecule has 0 atom stereocenters. The molecule has 1 aromatic rings. The lowest BCUT2D eigenvalue weighted by Crippen LogP contribution is -2.21. The molecule has 0 radical (unpaired) electrons. The molecule has 2 N–H and O–H groups in total. The smallest absolute Gasteiger partial charge is 0.167 e. The van der Waals surface area contributed by atoms with E-state index in [1.807, 2.05) is 0 Å². The summed E-state index contributed by atoms with van der Waals surface area (Å²) in [5, 5.41) is 0. The molecule has 1 heterocycles. The van der Waals surface area contributed by atoms with E-state index >= 15 is 0 Å². The third-order valence-electron chi connectivity index (χ3n) is 3.14. The highest BCUT2D eigenvalue weighted by Crippen LogP contribution is 2.24. The van der Waals surface area contributed by atoms with Crippen LogP contribution in [0.1, 0.15) is 12.8 Å². The predicted octanol–water partition coefficient (Wildman–Crippen LogP) is 2.86. The van der Waals surface area contributed by atoms with Gasteiger partial charge in [0.1, 0.15) is 5.84 Å². The Morgan fingerprint density at radius 1 is 1.45 bits per heavy atom. The first-order chi connectivity index (χ1) is 9.69. The quantitative estimate of drug-likeness (QED) is 0.517. The van der Waals surface area contributed by atoms with Crippen LogP contribution < -0.4 is 10.5 Å². The van der Waals surface area contributed by atoms with Crippen molar-refractivity contribution in [2.24, 2.45) is 16.6 Å². The van der Waals surface area contributed by atoms with E-state index in [1.165, 1.54) is 6.07 Å². The first-order valence-corrected chi connectivity index (χ1v) is 7.11. The molecular weight excluding hydrogens is 283 g/mol. The molecule has 0 spiro atoms. The number of alkyl halides is 1. The largest absolute Gasteiger partial charge is 0.490 e. The van der Waals surface area contributed by atoms with Gasteiger partial charge in [0.05, 0.1) is 18.2 Å². The van der Waals surface area contributed by atoms with Gasteiger partial charge in [-0.2, -0.15) is 0 Å². The molecule has 1 aliphatic rings. The summed E-state index contributed by atoms with van der Waals surface area (Å²) in [5.41, 5.74) is 5.93. The average Bonchev–Trinajstić information content (AvgIpc) is 2.47. The Bertz CT molecular complexity index is 476. The number of aliphatic imine (C=N–C) groups is 1. The summed E-state index contributed by atoms with van der Waals surface area (Å²) in [5.74, 6) is 0.583. The highest BCUT2D eigenvalue weighted by Gasteiger charge is 2.15. The highest BCUT2D eigenvalue weighted by atomic mass is 35.5. The second-order valence-electron chi connectivity index (χ2n) is 4.72. The van der Waals surface area contributed by atoms with Crippen LogP contribution >= 0.6 is 11.6 Å². The molecule has 6 heteroatoms. The number of hydrogen-bond acceptors (Lipinski definition) is 3. The standard InChI is InChI=1S/C14H18ClFN2O2/c15-8-14(17)18-11-1-2-13(12(16)7-11)20-9-10-3-5-19-6-4-10/h1-2,7,10H,3-6,8-9H2,(H2,17,18). The van der Waals surface area contributed by atoms with Gasteiger partial charge in [0.25, 0.3) is 0 Å². The van der Waals surface area contributed by atoms with Crippen molar-refractivity contribution in [3.05, 3.63) is 24.0 Å². The summed E-state index contributed by atoms with van der Waals surface area (Å²) < 4.78 is 24.7. The van der Waals surface area contributed by atoms with E-state index < -0.39 is 5.82 Å². The highest BCUT2D eigenvalue weighted by molar-refractivity contribution is 6.28. The van der Waals surface area contributed by atoms with E-state index in [2.05, 4.69) is 4.99 Å². The van der Waals surface area contributed by atoms with Crippen molar-refractivity contribution in [1.29, 1.82) is 0 Å². The minimum Gasteiger partial charge on any atom is -0.490 e. The molecular formula is C14H18ClFN2O2. The van der Waals surface area contributed by atoms with Crippen molar-refractivity contribution in [1.82, 2.24) is 0 Å². The van der Waals surface area contributed by atoms with Crippen molar-refractivity contribution in [2.75, 3.05) is 25.7 Å². The number of hydrogen-bond donors (Lipinski definition) is 1. The van der Waals surface area contributed by atoms with Crippen LogP contribution in [0.15, 0.2) is 23.2 Å². The zero-order valence-corrected chi connectivity index (χ0v) is 11.9. The van der Waals surface area contributed by atoms with Gasteiger partial charge in [0, 0.05) is 19.3 Å². The molecule has 110 valence electrons. The third kappa shape index (κ3) is 4.35. The fourth-order valence-corrected chi connectivity index (χ4v) is 2.05. The van der Waals surface area contributed by atoms with Gasteiger partial charge in [0.2, 0.25) is 0 Å². The molecule has 1 aromatic carbocycles. The van der Waals surface area contributed by atoms with Gasteiger partial charge in [-0.1, -0.05) is 0 Å². The van der Waals surface area contributed by atoms with Crippen molar-refractivity contribution < 1.29 is 13.9 Å². The summed E-state index contributed by atoms with van der Waals surface area (Å²) in [7, 11) is 0. The van der Waals surface area contributed by atoms with Crippen LogP contribution in [-0.4, -0.2) is 31.5 Å². The second-order valence-corrected chi connectivity index (χ2v) is 4.99. The minimum atomic E-state index is -0.444. The van der Waals surface area contributed by atoms with Gasteiger partial charge in [-0.25, -0.2) is 9.38 Å². The third-order valence-corrected chi connectivity index (χ3v) is 3.41. The van der Waals surface area contributed by atoms with Gasteiger partial charge in [-0.05, 0) is 30.9 Å². The predicted molar refractivity (Wildman–Crippen MR) is 77.4 cm³/mol. The maximum Gasteiger partial charge on any atom is 0.167 e. The first kappa shape index (κ1) is 15.1. The molecule has 0 saturated carbocycles. The second kappa shape index (κ2) is 7.45. The molecule has 1 saturated heterocycles. The molecule has 0 amide bonds. The van der Waals surface area contributed by atoms with E-state index in [4.69, 9.17) is 26.8 Å². The van der Waals surface area contributed by atoms with Crippen molar-refractivity contribution >= 4 is 23.1 Å². The average molecular weight is 301 g/mol. The summed E-state index contributed by atoms with van der Waals surface area (Å²) in [6.07, 6.45) is 1.91. The minimum absolute atomic E-state index is 0.115. The zero-order valence-electron chi connectivity index (χ0n) is 11.1. The van der Waals surface area contributed by atoms with Gasteiger partial charge >= 0.3 is 0 Å². The Kier molecular flexibility index (Phi) is 5.61. The lowest BCUT2D eigenvalue weighted by molar-refractivity contribution is 0.0492. The van der Waals surface area contributed by atoms with Crippen LogP contribution in [0.4, 0.5) is 10.1 Å². The van der Waals surface area contributed by atoms with E-state index in [0.717, 1.165) is 26.1 Å². The van der Waals surface area contributed by atoms with E-state index in [9.17, 15) is 4.39 Å². The fourth-order valence-electron chi connectivity index (χ4n) is 1.99. The Labute approximate surface area is 122 Å². The lowest BCUT2D eigenvalue weighted by Gasteiger charge is -2.22. The molecule has 1 aliphatic heterocycles. The number of amidine groups is 1. The van der Waals surface area contributed by atoms with Crippen molar-refractivity contribution in [3.8, 4) is 5.75 Å². The topological polar surface area (TPSA) is 56.8 Å². The van der Waals surface area contributed by atoms with Gasteiger partial charge in [0.15, 0.2) is 11.6 Å². The number of ether oxygens (including phenoxy) is 2. The number of nitrogens with two attached hydrogens (primary N) is 1. The van der Waals surface area contributed by atoms with Crippen LogP contribution in [-0.2, 0) is 4.74 Å². The lowest BCUT2D eigenvalue weighted by atomic mass is 10.0. The summed E-state index contributed by atoms with van der Waals surface area (Å²) in [6.45, 7) is 2.01. The van der Waals surface area contributed by atoms with Crippen LogP contribution in [0.2, 0.25) is 0 Å². The zero-order chi connectivity index (χ0) is 14.4. The van der Waals surface area contributed by atoms with Crippen LogP contribution in [0.3, 0.4) is 0 Å². The maximum atomic E-state index is 13.9. The Hall–Kier alpha value is -1.33. The Morgan fingerprint density at radius 3 is 2.85 bits per heavy atom. The molecule has 0 aromatic heterocycles. The molecule has 2 rings (SSSR count). The molecule has 0 aliphatic carbocycles. The first-order valence-electron chi connectivity index (χ1n) is 6.58. The van der Waals surface area contributed by atoms with E-state index in [-0.39, 0.29) is 17.5 Å². The van der Waals surface area contributed by atoms with Crippen LogP contribution in [0.25, 0.3) is 0 Å². The molecule has 1 fully saturated rings. The van der Waals surface area contributed by atoms with Crippen LogP contribution in [0.5, 0.6) is 5.75 Å². The SMILES string of the molecule is NC(CCl)=Nc1ccc(OCC2CCOCC2)c(F)c1.